The number of nitrogens with one attached hydrogen (secondary N) is 3. The number of carbonyl (C=O) groups is 2. The predicted molar refractivity (Wildman–Crippen MR) is 80.0 cm³/mol. The van der Waals surface area contributed by atoms with Gasteiger partial charge in [-0.1, -0.05) is 18.2 Å². The number of para-hydroxylation sites is 1. The lowest BCUT2D eigenvalue weighted by Crippen LogP contribution is -2.39. The number of fused-ring (bicyclic) bond motifs is 1. The summed E-state index contributed by atoms with van der Waals surface area (Å²) >= 11 is 0. The van der Waals surface area contributed by atoms with E-state index in [-0.39, 0.29) is 12.6 Å². The summed E-state index contributed by atoms with van der Waals surface area (Å²) in [6, 6.07) is 7.64. The average molecular weight is 289 g/mol. The molecule has 3 N–H and O–H groups in total. The van der Waals surface area contributed by atoms with E-state index in [1.54, 1.807) is 6.92 Å². The molecular weight excluding hydrogens is 270 g/mol. The maximum Gasteiger partial charge on any atom is 0.325 e. The highest BCUT2D eigenvalue weighted by molar-refractivity contribution is 5.83. The maximum atomic E-state index is 11.5. The molecule has 0 saturated heterocycles. The maximum absolute atomic E-state index is 11.5. The highest BCUT2D eigenvalue weighted by Gasteiger charge is 2.06. The molecule has 112 valence electrons. The highest BCUT2D eigenvalue weighted by atomic mass is 16.5. The molecule has 6 heteroatoms. The third-order valence-electron chi connectivity index (χ3n) is 3.05. The van der Waals surface area contributed by atoms with Crippen molar-refractivity contribution < 1.29 is 14.3 Å². The molecule has 2 amide bonds. The number of urea groups is 1. The number of hydrogen-bond acceptors (Lipinski definition) is 3. The number of aromatic amines is 1. The summed E-state index contributed by atoms with van der Waals surface area (Å²) in [5.74, 6) is -0.440. The largest absolute Gasteiger partial charge is 0.465 e. The fourth-order valence-corrected chi connectivity index (χ4v) is 2.08. The van der Waals surface area contributed by atoms with E-state index in [0.717, 1.165) is 22.9 Å². The van der Waals surface area contributed by atoms with Crippen molar-refractivity contribution in [3.8, 4) is 0 Å². The zero-order valence-corrected chi connectivity index (χ0v) is 11.9. The first-order valence-electron chi connectivity index (χ1n) is 6.93. The summed E-state index contributed by atoms with van der Waals surface area (Å²) in [6.45, 7) is 2.41. The van der Waals surface area contributed by atoms with E-state index >= 15 is 0 Å². The van der Waals surface area contributed by atoms with Gasteiger partial charge in [-0.2, -0.15) is 0 Å². The highest BCUT2D eigenvalue weighted by Crippen LogP contribution is 2.17. The normalized spacial score (nSPS) is 10.3. The molecule has 21 heavy (non-hydrogen) atoms. The zero-order chi connectivity index (χ0) is 15.1. The van der Waals surface area contributed by atoms with Crippen LogP contribution in [0.3, 0.4) is 0 Å². The summed E-state index contributed by atoms with van der Waals surface area (Å²) in [7, 11) is 0. The molecule has 2 aromatic rings. The van der Waals surface area contributed by atoms with Gasteiger partial charge in [0.2, 0.25) is 0 Å². The zero-order valence-electron chi connectivity index (χ0n) is 11.9. The Kier molecular flexibility index (Phi) is 5.20. The van der Waals surface area contributed by atoms with Crippen molar-refractivity contribution in [2.24, 2.45) is 0 Å². The predicted octanol–water partition coefficient (Wildman–Crippen LogP) is 1.57. The van der Waals surface area contributed by atoms with Gasteiger partial charge in [0.15, 0.2) is 0 Å². The molecular formula is C15H19N3O3. The first-order chi connectivity index (χ1) is 10.2. The lowest BCUT2D eigenvalue weighted by Gasteiger charge is -2.07. The Hall–Kier alpha value is -2.50. The third kappa shape index (κ3) is 4.24. The second-order valence-corrected chi connectivity index (χ2v) is 4.52. The number of H-pyrrole nitrogens is 1. The number of amides is 2. The van der Waals surface area contributed by atoms with Crippen LogP contribution in [0.15, 0.2) is 30.5 Å². The summed E-state index contributed by atoms with van der Waals surface area (Å²) in [5, 5.41) is 6.32. The number of carbonyl (C=O) groups excluding carboxylic acids is 2. The molecule has 0 spiro atoms. The van der Waals surface area contributed by atoms with Crippen molar-refractivity contribution in [3.63, 3.8) is 0 Å². The van der Waals surface area contributed by atoms with Crippen LogP contribution in [0.25, 0.3) is 10.9 Å². The molecule has 0 fully saturated rings. The van der Waals surface area contributed by atoms with E-state index in [2.05, 4.69) is 15.6 Å². The molecule has 0 unspecified atom stereocenters. The minimum absolute atomic E-state index is 0.118. The Morgan fingerprint density at radius 2 is 2.05 bits per heavy atom. The number of aromatic nitrogens is 1. The molecule has 0 aliphatic rings. The van der Waals surface area contributed by atoms with Crippen molar-refractivity contribution in [3.05, 3.63) is 36.0 Å². The third-order valence-corrected chi connectivity index (χ3v) is 3.05. The molecule has 1 heterocycles. The number of esters is 1. The molecule has 0 aliphatic carbocycles. The minimum Gasteiger partial charge on any atom is -0.465 e. The van der Waals surface area contributed by atoms with Crippen molar-refractivity contribution in [2.75, 3.05) is 19.7 Å². The van der Waals surface area contributed by atoms with Gasteiger partial charge in [0.25, 0.3) is 0 Å². The van der Waals surface area contributed by atoms with Gasteiger partial charge in [0.1, 0.15) is 6.54 Å². The molecule has 1 aromatic heterocycles. The Balaban J connectivity index is 1.74. The molecule has 6 nitrogen and oxygen atoms in total. The summed E-state index contributed by atoms with van der Waals surface area (Å²) < 4.78 is 4.72. The van der Waals surface area contributed by atoms with Crippen molar-refractivity contribution in [1.82, 2.24) is 15.6 Å². The smallest absolute Gasteiger partial charge is 0.325 e. The number of benzene rings is 1. The van der Waals surface area contributed by atoms with Crippen LogP contribution >= 0.6 is 0 Å². The van der Waals surface area contributed by atoms with Crippen molar-refractivity contribution in [1.29, 1.82) is 0 Å². The Morgan fingerprint density at radius 1 is 1.24 bits per heavy atom. The first kappa shape index (κ1) is 14.9. The van der Waals surface area contributed by atoms with Crippen LogP contribution in [0.4, 0.5) is 4.79 Å². The van der Waals surface area contributed by atoms with Gasteiger partial charge in [-0.3, -0.25) is 4.79 Å². The van der Waals surface area contributed by atoms with E-state index in [0.29, 0.717) is 13.2 Å². The second kappa shape index (κ2) is 7.33. The standard InChI is InChI=1S/C15H19N3O3/c1-2-21-14(19)10-18-15(20)16-8-7-11-9-17-13-6-4-3-5-12(11)13/h3-6,9,17H,2,7-8,10H2,1H3,(H2,16,18,20). The quantitative estimate of drug-likeness (QED) is 0.706. The Morgan fingerprint density at radius 3 is 2.86 bits per heavy atom. The number of hydrogen-bond donors (Lipinski definition) is 3. The topological polar surface area (TPSA) is 83.2 Å². The summed E-state index contributed by atoms with van der Waals surface area (Å²) in [4.78, 5) is 25.8. The van der Waals surface area contributed by atoms with Gasteiger partial charge in [-0.05, 0) is 25.0 Å². The van der Waals surface area contributed by atoms with Gasteiger partial charge in [0.05, 0.1) is 6.61 Å². The van der Waals surface area contributed by atoms with Crippen molar-refractivity contribution >= 4 is 22.9 Å². The Bertz CT molecular complexity index is 621. The lowest BCUT2D eigenvalue weighted by molar-refractivity contribution is -0.141. The molecule has 0 saturated carbocycles. The second-order valence-electron chi connectivity index (χ2n) is 4.52. The molecule has 2 rings (SSSR count). The van der Waals surface area contributed by atoms with Crippen LogP contribution in [-0.4, -0.2) is 36.7 Å². The van der Waals surface area contributed by atoms with Crippen LogP contribution < -0.4 is 10.6 Å². The van der Waals surface area contributed by atoms with E-state index in [1.165, 1.54) is 0 Å². The number of ether oxygens (including phenoxy) is 1. The van der Waals surface area contributed by atoms with Gasteiger partial charge >= 0.3 is 12.0 Å². The molecule has 0 radical (unpaired) electrons. The minimum atomic E-state index is -0.440. The monoisotopic (exact) mass is 289 g/mol. The first-order valence-corrected chi connectivity index (χ1v) is 6.93. The van der Waals surface area contributed by atoms with Gasteiger partial charge < -0.3 is 20.4 Å². The van der Waals surface area contributed by atoms with Crippen LogP contribution in [0.2, 0.25) is 0 Å². The van der Waals surface area contributed by atoms with Crippen molar-refractivity contribution in [2.45, 2.75) is 13.3 Å². The van der Waals surface area contributed by atoms with Gasteiger partial charge in [-0.15, -0.1) is 0 Å². The van der Waals surface area contributed by atoms with E-state index in [4.69, 9.17) is 4.74 Å². The SMILES string of the molecule is CCOC(=O)CNC(=O)NCCc1c[nH]c2ccccc12. The van der Waals surface area contributed by atoms with Crippen LogP contribution in [-0.2, 0) is 16.0 Å². The summed E-state index contributed by atoms with van der Waals surface area (Å²) in [5.41, 5.74) is 2.23. The van der Waals surface area contributed by atoms with Gasteiger partial charge in [-0.25, -0.2) is 4.79 Å². The van der Waals surface area contributed by atoms with E-state index < -0.39 is 5.97 Å². The molecule has 0 bridgehead atoms. The lowest BCUT2D eigenvalue weighted by atomic mass is 10.1. The van der Waals surface area contributed by atoms with Crippen LogP contribution in [0.5, 0.6) is 0 Å². The fraction of sp³-hybridized carbons (Fsp3) is 0.333. The average Bonchev–Trinajstić information content (AvgIpc) is 2.89. The van der Waals surface area contributed by atoms with E-state index in [9.17, 15) is 9.59 Å². The van der Waals surface area contributed by atoms with Crippen LogP contribution in [0.1, 0.15) is 12.5 Å². The molecule has 0 aliphatic heterocycles. The fourth-order valence-electron chi connectivity index (χ4n) is 2.08. The van der Waals surface area contributed by atoms with Gasteiger partial charge in [0, 0.05) is 23.6 Å². The van der Waals surface area contributed by atoms with Crippen LogP contribution in [0, 0.1) is 0 Å². The number of rotatable bonds is 6. The van der Waals surface area contributed by atoms with E-state index in [1.807, 2.05) is 30.5 Å². The summed E-state index contributed by atoms with van der Waals surface area (Å²) in [6.07, 6.45) is 2.67. The Labute approximate surface area is 122 Å². The molecule has 0 atom stereocenters. The molecule has 1 aromatic carbocycles.